The van der Waals surface area contributed by atoms with Crippen molar-refractivity contribution in [3.05, 3.63) is 48.0 Å². The van der Waals surface area contributed by atoms with Gasteiger partial charge in [0.25, 0.3) is 0 Å². The van der Waals surface area contributed by atoms with Gasteiger partial charge in [0, 0.05) is 5.56 Å². The lowest BCUT2D eigenvalue weighted by atomic mass is 9.95. The molecule has 2 aromatic rings. The lowest BCUT2D eigenvalue weighted by Gasteiger charge is -2.14. The molecule has 2 rings (SSSR count). The van der Waals surface area contributed by atoms with E-state index in [9.17, 15) is 5.11 Å². The van der Waals surface area contributed by atoms with E-state index in [4.69, 9.17) is 0 Å². The van der Waals surface area contributed by atoms with Crippen LogP contribution in [0.25, 0.3) is 11.1 Å². The molecule has 0 aliphatic rings. The molecule has 0 aromatic heterocycles. The minimum absolute atomic E-state index is 0.260. The van der Waals surface area contributed by atoms with Crippen molar-refractivity contribution >= 4 is 12.6 Å². The van der Waals surface area contributed by atoms with E-state index in [2.05, 4.69) is 37.8 Å². The van der Waals surface area contributed by atoms with Crippen LogP contribution >= 0.6 is 12.6 Å². The van der Waals surface area contributed by atoms with Gasteiger partial charge in [-0.1, -0.05) is 81.8 Å². The summed E-state index contributed by atoms with van der Waals surface area (Å²) in [5, 5.41) is 10.0. The molecular formula is C21H28OS. The number of thiol groups is 1. The summed E-state index contributed by atoms with van der Waals surface area (Å²) < 4.78 is 0. The molecule has 0 fully saturated rings. The molecular weight excluding hydrogens is 300 g/mol. The maximum absolute atomic E-state index is 10.0. The third-order valence-corrected chi connectivity index (χ3v) is 4.81. The predicted octanol–water partition coefficient (Wildman–Crippen LogP) is 6.64. The lowest BCUT2D eigenvalue weighted by molar-refractivity contribution is 0.463. The zero-order valence-corrected chi connectivity index (χ0v) is 15.0. The van der Waals surface area contributed by atoms with E-state index >= 15 is 0 Å². The Bertz CT molecular complexity index is 592. The monoisotopic (exact) mass is 328 g/mol. The fourth-order valence-electron chi connectivity index (χ4n) is 3.03. The van der Waals surface area contributed by atoms with Gasteiger partial charge in [0.15, 0.2) is 0 Å². The van der Waals surface area contributed by atoms with Gasteiger partial charge in [0.05, 0.1) is 4.90 Å². The van der Waals surface area contributed by atoms with Crippen LogP contribution < -0.4 is 0 Å². The Morgan fingerprint density at radius 2 is 1.48 bits per heavy atom. The standard InChI is InChI=1S/C21H28OS/c1-2-3-4-5-6-7-9-14-18-15-16-19(22)21(23)20(18)17-12-10-8-11-13-17/h8,10-13,15-16,22-23H,2-7,9,14H2,1H3. The third-order valence-electron chi connectivity index (χ3n) is 4.36. The van der Waals surface area contributed by atoms with E-state index in [-0.39, 0.29) is 5.75 Å². The van der Waals surface area contributed by atoms with Crippen molar-refractivity contribution in [1.29, 1.82) is 0 Å². The zero-order chi connectivity index (χ0) is 16.5. The Kier molecular flexibility index (Phi) is 7.54. The second-order valence-electron chi connectivity index (χ2n) is 6.20. The van der Waals surface area contributed by atoms with Crippen molar-refractivity contribution in [3.8, 4) is 16.9 Å². The van der Waals surface area contributed by atoms with Crippen molar-refractivity contribution < 1.29 is 5.11 Å². The highest BCUT2D eigenvalue weighted by molar-refractivity contribution is 7.80. The number of unbranched alkanes of at least 4 members (excludes halogenated alkanes) is 6. The molecule has 0 aliphatic heterocycles. The number of aryl methyl sites for hydroxylation is 1. The van der Waals surface area contributed by atoms with E-state index in [1.54, 1.807) is 6.07 Å². The van der Waals surface area contributed by atoms with E-state index in [0.717, 1.165) is 17.5 Å². The minimum Gasteiger partial charge on any atom is -0.507 e. The molecule has 23 heavy (non-hydrogen) atoms. The van der Waals surface area contributed by atoms with E-state index < -0.39 is 0 Å². The second-order valence-corrected chi connectivity index (χ2v) is 6.65. The zero-order valence-electron chi connectivity index (χ0n) is 14.1. The molecule has 2 heteroatoms. The van der Waals surface area contributed by atoms with Crippen LogP contribution in [-0.4, -0.2) is 5.11 Å². The Morgan fingerprint density at radius 3 is 2.17 bits per heavy atom. The molecule has 0 saturated heterocycles. The summed E-state index contributed by atoms with van der Waals surface area (Å²) in [6, 6.07) is 14.1. The van der Waals surface area contributed by atoms with Crippen LogP contribution in [-0.2, 0) is 6.42 Å². The van der Waals surface area contributed by atoms with Crippen LogP contribution in [0.5, 0.6) is 5.75 Å². The molecule has 0 bridgehead atoms. The summed E-state index contributed by atoms with van der Waals surface area (Å²) in [4.78, 5) is 0.691. The van der Waals surface area contributed by atoms with Crippen molar-refractivity contribution in [1.82, 2.24) is 0 Å². The van der Waals surface area contributed by atoms with Gasteiger partial charge in [0.2, 0.25) is 0 Å². The minimum atomic E-state index is 0.260. The van der Waals surface area contributed by atoms with E-state index in [1.165, 1.54) is 50.5 Å². The Hall–Kier alpha value is -1.41. The largest absolute Gasteiger partial charge is 0.507 e. The number of aromatic hydroxyl groups is 1. The fraction of sp³-hybridized carbons (Fsp3) is 0.429. The van der Waals surface area contributed by atoms with Crippen molar-refractivity contribution in [2.45, 2.75) is 63.2 Å². The van der Waals surface area contributed by atoms with Crippen LogP contribution in [0.4, 0.5) is 0 Å². The molecule has 0 aliphatic carbocycles. The molecule has 0 saturated carbocycles. The van der Waals surface area contributed by atoms with Gasteiger partial charge in [-0.25, -0.2) is 0 Å². The van der Waals surface area contributed by atoms with Gasteiger partial charge in [-0.15, -0.1) is 12.6 Å². The van der Waals surface area contributed by atoms with Crippen molar-refractivity contribution in [2.24, 2.45) is 0 Å². The van der Waals surface area contributed by atoms with Gasteiger partial charge in [-0.2, -0.15) is 0 Å². The second kappa shape index (κ2) is 9.67. The average molecular weight is 329 g/mol. The number of hydrogen-bond donors (Lipinski definition) is 2. The predicted molar refractivity (Wildman–Crippen MR) is 102 cm³/mol. The van der Waals surface area contributed by atoms with Crippen LogP contribution in [0.15, 0.2) is 47.4 Å². The third kappa shape index (κ3) is 5.31. The maximum atomic E-state index is 10.0. The highest BCUT2D eigenvalue weighted by Crippen LogP contribution is 2.36. The SMILES string of the molecule is CCCCCCCCCc1ccc(O)c(S)c1-c1ccccc1. The van der Waals surface area contributed by atoms with Gasteiger partial charge < -0.3 is 5.11 Å². The molecule has 0 atom stereocenters. The Balaban J connectivity index is 2.00. The molecule has 0 unspecified atom stereocenters. The summed E-state index contributed by atoms with van der Waals surface area (Å²) in [6.45, 7) is 2.25. The van der Waals surface area contributed by atoms with Crippen LogP contribution in [0.2, 0.25) is 0 Å². The highest BCUT2D eigenvalue weighted by Gasteiger charge is 2.12. The van der Waals surface area contributed by atoms with Gasteiger partial charge >= 0.3 is 0 Å². The first kappa shape index (κ1) is 17.9. The topological polar surface area (TPSA) is 20.2 Å². The summed E-state index contributed by atoms with van der Waals surface area (Å²) in [7, 11) is 0. The first-order valence-corrected chi connectivity index (χ1v) is 9.28. The Morgan fingerprint density at radius 1 is 0.826 bits per heavy atom. The normalized spacial score (nSPS) is 10.9. The number of hydrogen-bond acceptors (Lipinski definition) is 2. The van der Waals surface area contributed by atoms with Gasteiger partial charge in [-0.05, 0) is 30.0 Å². The van der Waals surface area contributed by atoms with Gasteiger partial charge in [0.1, 0.15) is 5.75 Å². The molecule has 124 valence electrons. The molecule has 2 aromatic carbocycles. The van der Waals surface area contributed by atoms with Crippen LogP contribution in [0.3, 0.4) is 0 Å². The first-order chi connectivity index (χ1) is 11.2. The van der Waals surface area contributed by atoms with Gasteiger partial charge in [-0.3, -0.25) is 0 Å². The molecule has 0 spiro atoms. The lowest BCUT2D eigenvalue weighted by Crippen LogP contribution is -1.93. The van der Waals surface area contributed by atoms with E-state index in [1.807, 2.05) is 18.2 Å². The summed E-state index contributed by atoms with van der Waals surface area (Å²) >= 11 is 4.54. The summed E-state index contributed by atoms with van der Waals surface area (Å²) in [5.41, 5.74) is 3.50. The summed E-state index contributed by atoms with van der Waals surface area (Å²) in [6.07, 6.45) is 10.2. The smallest absolute Gasteiger partial charge is 0.129 e. The highest BCUT2D eigenvalue weighted by atomic mass is 32.1. The average Bonchev–Trinajstić information content (AvgIpc) is 2.58. The first-order valence-electron chi connectivity index (χ1n) is 8.83. The number of phenolic OH excluding ortho intramolecular Hbond substituents is 1. The fourth-order valence-corrected chi connectivity index (χ4v) is 3.38. The molecule has 0 radical (unpaired) electrons. The molecule has 1 nitrogen and oxygen atoms in total. The molecule has 0 amide bonds. The van der Waals surface area contributed by atoms with Crippen molar-refractivity contribution in [3.63, 3.8) is 0 Å². The Labute approximate surface area is 146 Å². The van der Waals surface area contributed by atoms with Crippen molar-refractivity contribution in [2.75, 3.05) is 0 Å². The summed E-state index contributed by atoms with van der Waals surface area (Å²) in [5.74, 6) is 0.260. The molecule has 0 heterocycles. The number of phenols is 1. The number of rotatable bonds is 9. The number of benzene rings is 2. The van der Waals surface area contributed by atoms with Crippen LogP contribution in [0.1, 0.15) is 57.4 Å². The van der Waals surface area contributed by atoms with Crippen LogP contribution in [0, 0.1) is 0 Å². The quantitative estimate of drug-likeness (QED) is 0.390. The van der Waals surface area contributed by atoms with E-state index in [0.29, 0.717) is 4.90 Å². The maximum Gasteiger partial charge on any atom is 0.129 e. The molecule has 1 N–H and O–H groups in total.